The first-order chi connectivity index (χ1) is 9.32. The van der Waals surface area contributed by atoms with Crippen molar-refractivity contribution >= 4 is 23.1 Å². The number of halogens is 1. The maximum Gasteiger partial charge on any atom is 0.172 e. The molecule has 0 bridgehead atoms. The van der Waals surface area contributed by atoms with E-state index < -0.39 is 0 Å². The molecule has 0 saturated carbocycles. The maximum atomic E-state index is 8.93. The summed E-state index contributed by atoms with van der Waals surface area (Å²) < 4.78 is 5.90. The predicted molar refractivity (Wildman–Crippen MR) is 80.8 cm³/mol. The van der Waals surface area contributed by atoms with Crippen molar-refractivity contribution < 1.29 is 9.94 Å². The first-order valence-corrected chi connectivity index (χ1v) is 6.90. The van der Waals surface area contributed by atoms with Gasteiger partial charge in [0, 0.05) is 29.4 Å². The molecule has 0 aromatic heterocycles. The fourth-order valence-corrected chi connectivity index (χ4v) is 2.85. The summed E-state index contributed by atoms with van der Waals surface area (Å²) in [7, 11) is 0. The van der Waals surface area contributed by atoms with Gasteiger partial charge in [-0.25, -0.2) is 0 Å². The zero-order valence-corrected chi connectivity index (χ0v) is 12.7. The summed E-state index contributed by atoms with van der Waals surface area (Å²) in [4.78, 5) is 2.18. The van der Waals surface area contributed by atoms with Gasteiger partial charge < -0.3 is 20.6 Å². The molecule has 20 heavy (non-hydrogen) atoms. The lowest BCUT2D eigenvalue weighted by atomic mass is 10.0. The Morgan fingerprint density at radius 3 is 2.85 bits per heavy atom. The topological polar surface area (TPSA) is 71.1 Å². The Bertz CT molecular complexity index is 531. The monoisotopic (exact) mass is 297 g/mol. The zero-order valence-electron chi connectivity index (χ0n) is 11.9. The van der Waals surface area contributed by atoms with Crippen molar-refractivity contribution in [3.8, 4) is 0 Å². The molecule has 1 aliphatic rings. The van der Waals surface area contributed by atoms with Crippen molar-refractivity contribution in [2.45, 2.75) is 32.5 Å². The molecule has 2 rings (SSSR count). The second-order valence-electron chi connectivity index (χ2n) is 5.72. The van der Waals surface area contributed by atoms with Gasteiger partial charge in [0.15, 0.2) is 5.84 Å². The fraction of sp³-hybridized carbons (Fsp3) is 0.500. The molecule has 1 aromatic rings. The molecule has 1 saturated heterocycles. The number of hydrogen-bond donors (Lipinski definition) is 2. The Kier molecular flexibility index (Phi) is 4.11. The summed E-state index contributed by atoms with van der Waals surface area (Å²) in [5.41, 5.74) is 7.03. The molecule has 1 atom stereocenters. The largest absolute Gasteiger partial charge is 0.409 e. The standard InChI is InChI=1S/C14H20ClN3O2/c1-9-7-18(8-14(2,3)20-9)12-5-4-10(15)6-11(12)13(16)17-19/h4-6,9,19H,7-8H2,1-3H3,(H2,16,17). The fourth-order valence-electron chi connectivity index (χ4n) is 2.68. The van der Waals surface area contributed by atoms with E-state index in [2.05, 4.69) is 23.9 Å². The van der Waals surface area contributed by atoms with Crippen LogP contribution in [0.5, 0.6) is 0 Å². The zero-order chi connectivity index (χ0) is 14.9. The van der Waals surface area contributed by atoms with Gasteiger partial charge in [0.05, 0.1) is 11.7 Å². The van der Waals surface area contributed by atoms with E-state index in [0.717, 1.165) is 18.8 Å². The SMILES string of the molecule is CC1CN(c2ccc(Cl)cc2C(N)=NO)CC(C)(C)O1. The van der Waals surface area contributed by atoms with Crippen molar-refractivity contribution in [3.63, 3.8) is 0 Å². The number of hydrogen-bond acceptors (Lipinski definition) is 4. The molecule has 1 aromatic carbocycles. The van der Waals surface area contributed by atoms with Crippen LogP contribution in [0.3, 0.4) is 0 Å². The third kappa shape index (κ3) is 3.16. The van der Waals surface area contributed by atoms with E-state index in [-0.39, 0.29) is 17.5 Å². The van der Waals surface area contributed by atoms with Crippen LogP contribution in [0, 0.1) is 0 Å². The van der Waals surface area contributed by atoms with E-state index in [1.54, 1.807) is 12.1 Å². The molecule has 1 aliphatic heterocycles. The molecular weight excluding hydrogens is 278 g/mol. The lowest BCUT2D eigenvalue weighted by Gasteiger charge is -2.43. The first-order valence-electron chi connectivity index (χ1n) is 6.52. The van der Waals surface area contributed by atoms with Crippen molar-refractivity contribution in [1.29, 1.82) is 0 Å². The molecule has 0 amide bonds. The number of ether oxygens (including phenoxy) is 1. The molecule has 0 aliphatic carbocycles. The van der Waals surface area contributed by atoms with Gasteiger partial charge in [-0.2, -0.15) is 0 Å². The lowest BCUT2D eigenvalue weighted by molar-refractivity contribution is -0.0749. The third-order valence-corrected chi connectivity index (χ3v) is 3.49. The molecule has 3 N–H and O–H groups in total. The maximum absolute atomic E-state index is 8.93. The number of oxime groups is 1. The molecule has 1 heterocycles. The Hall–Kier alpha value is -1.46. The highest BCUT2D eigenvalue weighted by Gasteiger charge is 2.32. The van der Waals surface area contributed by atoms with Gasteiger partial charge in [0.2, 0.25) is 0 Å². The highest BCUT2D eigenvalue weighted by Crippen LogP contribution is 2.30. The van der Waals surface area contributed by atoms with Crippen LogP contribution in [-0.4, -0.2) is 35.8 Å². The molecule has 0 spiro atoms. The lowest BCUT2D eigenvalue weighted by Crippen LogP contribution is -2.52. The summed E-state index contributed by atoms with van der Waals surface area (Å²) in [6, 6.07) is 5.40. The molecule has 6 heteroatoms. The van der Waals surface area contributed by atoms with Crippen LogP contribution in [0.1, 0.15) is 26.3 Å². The van der Waals surface area contributed by atoms with Crippen molar-refractivity contribution in [2.75, 3.05) is 18.0 Å². The smallest absolute Gasteiger partial charge is 0.172 e. The van der Waals surface area contributed by atoms with Crippen LogP contribution in [-0.2, 0) is 4.74 Å². The number of nitrogens with two attached hydrogens (primary N) is 1. The van der Waals surface area contributed by atoms with E-state index in [4.69, 9.17) is 27.3 Å². The van der Waals surface area contributed by atoms with Crippen LogP contribution >= 0.6 is 11.6 Å². The molecule has 110 valence electrons. The second kappa shape index (κ2) is 5.50. The van der Waals surface area contributed by atoms with Gasteiger partial charge >= 0.3 is 0 Å². The number of morpholine rings is 1. The normalized spacial score (nSPS) is 22.9. The summed E-state index contributed by atoms with van der Waals surface area (Å²) in [6.45, 7) is 7.61. The Labute approximate surface area is 124 Å². The number of anilines is 1. The van der Waals surface area contributed by atoms with E-state index >= 15 is 0 Å². The second-order valence-corrected chi connectivity index (χ2v) is 6.15. The van der Waals surface area contributed by atoms with Gasteiger partial charge in [-0.3, -0.25) is 0 Å². The molecule has 1 unspecified atom stereocenters. The Balaban J connectivity index is 2.42. The molecule has 5 nitrogen and oxygen atoms in total. The quantitative estimate of drug-likeness (QED) is 0.381. The van der Waals surface area contributed by atoms with Crippen molar-refractivity contribution in [2.24, 2.45) is 10.9 Å². The molecule has 0 radical (unpaired) electrons. The summed E-state index contributed by atoms with van der Waals surface area (Å²) in [5.74, 6) is 0.0550. The number of benzene rings is 1. The minimum absolute atomic E-state index is 0.0550. The minimum Gasteiger partial charge on any atom is -0.409 e. The van der Waals surface area contributed by atoms with Gasteiger partial charge in [-0.15, -0.1) is 0 Å². The molecule has 1 fully saturated rings. The Morgan fingerprint density at radius 1 is 1.55 bits per heavy atom. The van der Waals surface area contributed by atoms with Gasteiger partial charge in [-0.1, -0.05) is 16.8 Å². The van der Waals surface area contributed by atoms with Crippen LogP contribution in [0.4, 0.5) is 5.69 Å². The van der Waals surface area contributed by atoms with E-state index in [9.17, 15) is 0 Å². The summed E-state index contributed by atoms with van der Waals surface area (Å²) in [5, 5.41) is 12.6. The van der Waals surface area contributed by atoms with Crippen LogP contribution < -0.4 is 10.6 Å². The predicted octanol–water partition coefficient (Wildman–Crippen LogP) is 2.44. The summed E-state index contributed by atoms with van der Waals surface area (Å²) in [6.07, 6.45) is 0.106. The van der Waals surface area contributed by atoms with E-state index in [1.807, 2.05) is 13.0 Å². The molecular formula is C14H20ClN3O2. The van der Waals surface area contributed by atoms with E-state index in [1.165, 1.54) is 0 Å². The van der Waals surface area contributed by atoms with Gasteiger partial charge in [0.25, 0.3) is 0 Å². The van der Waals surface area contributed by atoms with Crippen LogP contribution in [0.15, 0.2) is 23.4 Å². The van der Waals surface area contributed by atoms with Gasteiger partial charge in [0.1, 0.15) is 0 Å². The van der Waals surface area contributed by atoms with Crippen LogP contribution in [0.25, 0.3) is 0 Å². The number of nitrogens with zero attached hydrogens (tertiary/aromatic N) is 2. The number of amidine groups is 1. The van der Waals surface area contributed by atoms with Gasteiger partial charge in [-0.05, 0) is 39.0 Å². The highest BCUT2D eigenvalue weighted by molar-refractivity contribution is 6.31. The third-order valence-electron chi connectivity index (χ3n) is 3.25. The Morgan fingerprint density at radius 2 is 2.25 bits per heavy atom. The highest BCUT2D eigenvalue weighted by atomic mass is 35.5. The summed E-state index contributed by atoms with van der Waals surface area (Å²) >= 11 is 6.01. The van der Waals surface area contributed by atoms with Crippen molar-refractivity contribution in [1.82, 2.24) is 0 Å². The average Bonchev–Trinajstić information content (AvgIpc) is 2.35. The number of rotatable bonds is 2. The van der Waals surface area contributed by atoms with Crippen molar-refractivity contribution in [3.05, 3.63) is 28.8 Å². The first kappa shape index (κ1) is 14.9. The average molecular weight is 298 g/mol. The van der Waals surface area contributed by atoms with Crippen LogP contribution in [0.2, 0.25) is 5.02 Å². The van der Waals surface area contributed by atoms with E-state index in [0.29, 0.717) is 10.6 Å². The minimum atomic E-state index is -0.250.